The first-order valence-corrected chi connectivity index (χ1v) is 11.1. The largest absolute Gasteiger partial charge is 0.309 e. The lowest BCUT2D eigenvalue weighted by Gasteiger charge is -2.34. The zero-order valence-corrected chi connectivity index (χ0v) is 17.1. The van der Waals surface area contributed by atoms with Crippen molar-refractivity contribution in [3.8, 4) is 0 Å². The number of sulfonamides is 1. The molecule has 1 amide bonds. The van der Waals surface area contributed by atoms with Crippen LogP contribution in [0.1, 0.15) is 16.8 Å². The first-order valence-electron chi connectivity index (χ1n) is 8.80. The third-order valence-electron chi connectivity index (χ3n) is 4.82. The fourth-order valence-electron chi connectivity index (χ4n) is 3.44. The Hall–Kier alpha value is -2.49. The van der Waals surface area contributed by atoms with Gasteiger partial charge in [-0.2, -0.15) is 9.40 Å². The van der Waals surface area contributed by atoms with E-state index in [2.05, 4.69) is 10.4 Å². The smallest absolute Gasteiger partial charge is 0.253 e. The topological polar surface area (TPSA) is 84.3 Å². The number of hydrogen-bond acceptors (Lipinski definition) is 5. The maximum absolute atomic E-state index is 13.2. The molecule has 3 aromatic rings. The van der Waals surface area contributed by atoms with Crippen molar-refractivity contribution in [3.63, 3.8) is 0 Å². The molecule has 1 aromatic carbocycles. The van der Waals surface area contributed by atoms with Gasteiger partial charge in [0.05, 0.1) is 5.69 Å². The number of anilines is 1. The summed E-state index contributed by atoms with van der Waals surface area (Å²) in [5.74, 6) is 0.174. The summed E-state index contributed by atoms with van der Waals surface area (Å²) < 4.78 is 29.6. The van der Waals surface area contributed by atoms with E-state index in [9.17, 15) is 13.2 Å². The van der Waals surface area contributed by atoms with Gasteiger partial charge in [-0.25, -0.2) is 8.42 Å². The van der Waals surface area contributed by atoms with E-state index in [1.165, 1.54) is 4.31 Å². The Morgan fingerprint density at radius 3 is 2.61 bits per heavy atom. The molecular weight excluding hydrogens is 396 g/mol. The molecule has 1 aliphatic rings. The van der Waals surface area contributed by atoms with E-state index in [4.69, 9.17) is 0 Å². The van der Waals surface area contributed by atoms with Crippen LogP contribution in [0.2, 0.25) is 0 Å². The summed E-state index contributed by atoms with van der Waals surface area (Å²) >= 11 is 1.15. The average molecular weight is 417 g/mol. The van der Waals surface area contributed by atoms with Crippen molar-refractivity contribution in [1.29, 1.82) is 0 Å². The van der Waals surface area contributed by atoms with Crippen molar-refractivity contribution in [1.82, 2.24) is 14.1 Å². The van der Waals surface area contributed by atoms with E-state index >= 15 is 0 Å². The summed E-state index contributed by atoms with van der Waals surface area (Å²) in [5, 5.41) is 8.78. The minimum absolute atomic E-state index is 0.166. The van der Waals surface area contributed by atoms with E-state index in [1.54, 1.807) is 35.3 Å². The highest BCUT2D eigenvalue weighted by atomic mass is 32.2. The van der Waals surface area contributed by atoms with Crippen LogP contribution in [0.4, 0.5) is 5.82 Å². The van der Waals surface area contributed by atoms with E-state index in [0.29, 0.717) is 12.2 Å². The zero-order chi connectivity index (χ0) is 19.9. The number of nitrogens with one attached hydrogen (secondary N) is 1. The second kappa shape index (κ2) is 7.16. The molecule has 0 spiro atoms. The van der Waals surface area contributed by atoms with E-state index in [-0.39, 0.29) is 16.7 Å². The second-order valence-electron chi connectivity index (χ2n) is 6.75. The lowest BCUT2D eigenvalue weighted by molar-refractivity contribution is -0.120. The molecule has 28 heavy (non-hydrogen) atoms. The highest BCUT2D eigenvalue weighted by Crippen LogP contribution is 2.31. The van der Waals surface area contributed by atoms with Crippen LogP contribution in [0.3, 0.4) is 0 Å². The van der Waals surface area contributed by atoms with Crippen molar-refractivity contribution in [2.75, 3.05) is 5.32 Å². The second-order valence-corrected chi connectivity index (χ2v) is 9.82. The number of carbonyl (C=O) groups excluding carboxylic acids is 1. The van der Waals surface area contributed by atoms with Crippen LogP contribution in [0.5, 0.6) is 0 Å². The summed E-state index contributed by atoms with van der Waals surface area (Å²) in [6.07, 6.45) is 0.323. The number of fused-ring (bicyclic) bond motifs is 1. The zero-order valence-electron chi connectivity index (χ0n) is 15.5. The van der Waals surface area contributed by atoms with Gasteiger partial charge in [-0.1, -0.05) is 30.3 Å². The number of amides is 1. The summed E-state index contributed by atoms with van der Waals surface area (Å²) in [7, 11) is -2.05. The van der Waals surface area contributed by atoms with Crippen molar-refractivity contribution in [2.45, 2.75) is 30.1 Å². The average Bonchev–Trinajstić information content (AvgIpc) is 3.31. The van der Waals surface area contributed by atoms with Crippen molar-refractivity contribution in [2.24, 2.45) is 7.05 Å². The minimum atomic E-state index is -3.78. The Labute approximate surface area is 167 Å². The van der Waals surface area contributed by atoms with E-state index in [1.807, 2.05) is 31.2 Å². The van der Waals surface area contributed by atoms with Crippen LogP contribution in [0, 0.1) is 6.92 Å². The molecule has 2 aromatic heterocycles. The SMILES string of the molecule is Cc1cc(NC(=O)[C@@H]2Cc3ccccc3CN2S(=O)(=O)c2cccs2)n(C)n1. The predicted octanol–water partition coefficient (Wildman–Crippen LogP) is 2.54. The van der Waals surface area contributed by atoms with Crippen LogP contribution in [-0.4, -0.2) is 34.5 Å². The number of carbonyl (C=O) groups is 1. The van der Waals surface area contributed by atoms with Gasteiger partial charge >= 0.3 is 0 Å². The number of rotatable bonds is 4. The van der Waals surface area contributed by atoms with Crippen molar-refractivity contribution in [3.05, 3.63) is 64.7 Å². The van der Waals surface area contributed by atoms with E-state index in [0.717, 1.165) is 28.2 Å². The fourth-order valence-corrected chi connectivity index (χ4v) is 6.12. The van der Waals surface area contributed by atoms with Crippen molar-refractivity contribution < 1.29 is 13.2 Å². The van der Waals surface area contributed by atoms with Gasteiger partial charge in [-0.15, -0.1) is 11.3 Å². The number of hydrogen-bond donors (Lipinski definition) is 1. The maximum atomic E-state index is 13.2. The predicted molar refractivity (Wildman–Crippen MR) is 108 cm³/mol. The fraction of sp³-hybridized carbons (Fsp3) is 0.263. The summed E-state index contributed by atoms with van der Waals surface area (Å²) in [4.78, 5) is 13.1. The molecule has 0 saturated heterocycles. The third-order valence-corrected chi connectivity index (χ3v) is 8.05. The molecule has 1 aliphatic heterocycles. The molecule has 7 nitrogen and oxygen atoms in total. The van der Waals surface area contributed by atoms with Crippen LogP contribution < -0.4 is 5.32 Å². The van der Waals surface area contributed by atoms with Gasteiger partial charge < -0.3 is 5.32 Å². The molecule has 0 saturated carbocycles. The molecule has 4 rings (SSSR count). The molecular formula is C19H20N4O3S2. The Morgan fingerprint density at radius 2 is 1.96 bits per heavy atom. The lowest BCUT2D eigenvalue weighted by Crippen LogP contribution is -2.50. The van der Waals surface area contributed by atoms with Gasteiger partial charge in [0, 0.05) is 19.7 Å². The van der Waals surface area contributed by atoms with Crippen molar-refractivity contribution >= 4 is 33.1 Å². The van der Waals surface area contributed by atoms with Gasteiger partial charge in [-0.05, 0) is 35.9 Å². The summed E-state index contributed by atoms with van der Waals surface area (Å²) in [6.45, 7) is 2.00. The minimum Gasteiger partial charge on any atom is -0.309 e. The number of aryl methyl sites for hydroxylation is 2. The highest BCUT2D eigenvalue weighted by Gasteiger charge is 2.40. The van der Waals surface area contributed by atoms with Crippen LogP contribution in [-0.2, 0) is 34.8 Å². The highest BCUT2D eigenvalue weighted by molar-refractivity contribution is 7.91. The Bertz CT molecular complexity index is 1120. The molecule has 9 heteroatoms. The molecule has 3 heterocycles. The number of benzene rings is 1. The molecule has 0 fully saturated rings. The Kier molecular flexibility index (Phi) is 4.82. The maximum Gasteiger partial charge on any atom is 0.253 e. The number of thiophene rings is 1. The number of aromatic nitrogens is 2. The van der Waals surface area contributed by atoms with Gasteiger partial charge in [-0.3, -0.25) is 9.48 Å². The molecule has 0 aliphatic carbocycles. The molecule has 0 unspecified atom stereocenters. The normalized spacial score (nSPS) is 17.3. The molecule has 146 valence electrons. The third kappa shape index (κ3) is 3.36. The molecule has 0 bridgehead atoms. The quantitative estimate of drug-likeness (QED) is 0.708. The van der Waals surface area contributed by atoms with Gasteiger partial charge in [0.1, 0.15) is 16.1 Å². The van der Waals surface area contributed by atoms with Gasteiger partial charge in [0.25, 0.3) is 10.0 Å². The standard InChI is InChI=1S/C19H20N4O3S2/c1-13-10-17(22(2)21-13)20-19(24)16-11-14-6-3-4-7-15(14)12-23(16)28(25,26)18-8-5-9-27-18/h3-10,16H,11-12H2,1-2H3,(H,20,24)/t16-/m0/s1. The number of nitrogens with zero attached hydrogens (tertiary/aromatic N) is 3. The van der Waals surface area contributed by atoms with Gasteiger partial charge in [0.2, 0.25) is 5.91 Å². The monoisotopic (exact) mass is 416 g/mol. The van der Waals surface area contributed by atoms with Crippen LogP contribution in [0.15, 0.2) is 52.1 Å². The summed E-state index contributed by atoms with van der Waals surface area (Å²) in [6, 6.07) is 11.8. The summed E-state index contributed by atoms with van der Waals surface area (Å²) in [5.41, 5.74) is 2.68. The molecule has 0 radical (unpaired) electrons. The first kappa shape index (κ1) is 18.9. The van der Waals surface area contributed by atoms with Crippen LogP contribution >= 0.6 is 11.3 Å². The van der Waals surface area contributed by atoms with Gasteiger partial charge in [0.15, 0.2) is 0 Å². The Balaban J connectivity index is 1.71. The Morgan fingerprint density at radius 1 is 1.21 bits per heavy atom. The molecule has 1 atom stereocenters. The molecule has 1 N–H and O–H groups in total. The van der Waals surface area contributed by atoms with E-state index < -0.39 is 16.1 Å². The first-order chi connectivity index (χ1) is 13.4. The van der Waals surface area contributed by atoms with Crippen LogP contribution in [0.25, 0.3) is 0 Å². The lowest BCUT2D eigenvalue weighted by atomic mass is 9.95.